The van der Waals surface area contributed by atoms with E-state index in [0.717, 1.165) is 23.8 Å². The molecule has 3 heterocycles. The monoisotopic (exact) mass is 443 g/mol. The van der Waals surface area contributed by atoms with Crippen LogP contribution in [-0.2, 0) is 12.7 Å². The Labute approximate surface area is 180 Å². The van der Waals surface area contributed by atoms with Gasteiger partial charge in [0.2, 0.25) is 0 Å². The molecular weight excluding hydrogens is 423 g/mol. The third-order valence-corrected chi connectivity index (χ3v) is 5.95. The number of hydrogen-bond acceptors (Lipinski definition) is 6. The van der Waals surface area contributed by atoms with E-state index in [-0.39, 0.29) is 17.1 Å². The molecule has 0 bridgehead atoms. The third kappa shape index (κ3) is 3.21. The Morgan fingerprint density at radius 1 is 1.12 bits per heavy atom. The lowest BCUT2D eigenvalue weighted by molar-refractivity contribution is -0.136. The van der Waals surface area contributed by atoms with Crippen molar-refractivity contribution >= 4 is 33.8 Å². The molecular formula is C22H20F3N5O2. The van der Waals surface area contributed by atoms with Crippen LogP contribution in [0, 0.1) is 5.92 Å². The number of nitrogens with one attached hydrogen (secondary N) is 1. The van der Waals surface area contributed by atoms with E-state index in [4.69, 9.17) is 19.9 Å². The van der Waals surface area contributed by atoms with Gasteiger partial charge in [-0.15, -0.1) is 0 Å². The van der Waals surface area contributed by atoms with E-state index in [9.17, 15) is 13.2 Å². The number of imidazole rings is 1. The summed E-state index contributed by atoms with van der Waals surface area (Å²) in [5, 5.41) is 3.43. The molecule has 0 spiro atoms. The number of nitrogens with two attached hydrogens (primary N) is 1. The summed E-state index contributed by atoms with van der Waals surface area (Å²) in [5.41, 5.74) is 6.94. The van der Waals surface area contributed by atoms with Gasteiger partial charge in [0.05, 0.1) is 12.1 Å². The highest BCUT2D eigenvalue weighted by atomic mass is 19.4. The average Bonchev–Trinajstić information content (AvgIpc) is 3.43. The molecule has 3 N–H and O–H groups in total. The van der Waals surface area contributed by atoms with Crippen LogP contribution >= 0.6 is 0 Å². The van der Waals surface area contributed by atoms with Crippen molar-refractivity contribution < 1.29 is 22.3 Å². The van der Waals surface area contributed by atoms with Gasteiger partial charge in [-0.05, 0) is 43.4 Å². The summed E-state index contributed by atoms with van der Waals surface area (Å²) in [6, 6.07) is 6.15. The largest absolute Gasteiger partial charge is 0.491 e. The van der Waals surface area contributed by atoms with E-state index < -0.39 is 11.7 Å². The zero-order valence-electron chi connectivity index (χ0n) is 17.0. The lowest BCUT2D eigenvalue weighted by atomic mass is 10.1. The standard InChI is InChI=1S/C22H20F3N5O2/c23-22(24,25)14-6-12(7-16-19(14)32-21(26)29-16)20-28-15-8-13(27-10-11-2-3-11)9-17-18(15)30(20)4-1-5-31-17/h6-9,11,27H,1-5,10H2,(H2,26,29). The SMILES string of the molecule is Nc1nc2cc(-c3nc4cc(NCC5CC5)cc5c4n3CCCO5)cc(C(F)(F)F)c2o1. The fourth-order valence-electron chi connectivity index (χ4n) is 4.26. The number of hydrogen-bond donors (Lipinski definition) is 2. The second-order valence-corrected chi connectivity index (χ2v) is 8.38. The quantitative estimate of drug-likeness (QED) is 0.459. The van der Waals surface area contributed by atoms with Crippen LogP contribution in [0.2, 0.25) is 0 Å². The number of benzene rings is 2. The van der Waals surface area contributed by atoms with Crippen LogP contribution < -0.4 is 15.8 Å². The molecule has 10 heteroatoms. The molecule has 7 nitrogen and oxygen atoms in total. The van der Waals surface area contributed by atoms with E-state index >= 15 is 0 Å². The minimum absolute atomic E-state index is 0.0454. The van der Waals surface area contributed by atoms with E-state index in [2.05, 4.69) is 10.3 Å². The van der Waals surface area contributed by atoms with Gasteiger partial charge in [0.15, 0.2) is 5.58 Å². The number of halogens is 3. The van der Waals surface area contributed by atoms with Gasteiger partial charge in [0.25, 0.3) is 6.01 Å². The van der Waals surface area contributed by atoms with Gasteiger partial charge in [-0.1, -0.05) is 0 Å². The number of oxazole rings is 1. The Hall–Kier alpha value is -3.43. The molecule has 1 aliphatic heterocycles. The molecule has 6 rings (SSSR count). The van der Waals surface area contributed by atoms with Crippen molar-refractivity contribution in [3.8, 4) is 17.1 Å². The van der Waals surface area contributed by atoms with Crippen LogP contribution in [0.1, 0.15) is 24.8 Å². The maximum absolute atomic E-state index is 13.8. The highest BCUT2D eigenvalue weighted by molar-refractivity contribution is 5.91. The van der Waals surface area contributed by atoms with Crippen LogP contribution in [-0.4, -0.2) is 27.7 Å². The van der Waals surface area contributed by atoms with Crippen molar-refractivity contribution in [2.45, 2.75) is 32.0 Å². The van der Waals surface area contributed by atoms with Gasteiger partial charge in [0.1, 0.15) is 28.2 Å². The summed E-state index contributed by atoms with van der Waals surface area (Å²) in [7, 11) is 0. The first-order chi connectivity index (χ1) is 15.4. The molecule has 0 saturated heterocycles. The topological polar surface area (TPSA) is 91.1 Å². The molecule has 32 heavy (non-hydrogen) atoms. The molecule has 166 valence electrons. The molecule has 1 fully saturated rings. The number of ether oxygens (including phenoxy) is 1. The van der Waals surface area contributed by atoms with Gasteiger partial charge >= 0.3 is 6.18 Å². The molecule has 0 unspecified atom stereocenters. The Balaban J connectivity index is 1.54. The van der Waals surface area contributed by atoms with Gasteiger partial charge in [-0.3, -0.25) is 0 Å². The number of nitrogen functional groups attached to an aromatic ring is 1. The summed E-state index contributed by atoms with van der Waals surface area (Å²) < 4.78 is 54.2. The predicted octanol–water partition coefficient (Wildman–Crippen LogP) is 5.05. The Bertz CT molecular complexity index is 1350. The molecule has 0 amide bonds. The second kappa shape index (κ2) is 6.78. The number of aryl methyl sites for hydroxylation is 1. The van der Waals surface area contributed by atoms with Crippen molar-refractivity contribution in [3.63, 3.8) is 0 Å². The van der Waals surface area contributed by atoms with Crippen LogP contribution in [0.5, 0.6) is 5.75 Å². The molecule has 4 aromatic rings. The highest BCUT2D eigenvalue weighted by Crippen LogP contribution is 2.41. The number of fused-ring (bicyclic) bond motifs is 1. The van der Waals surface area contributed by atoms with Crippen molar-refractivity contribution in [2.75, 3.05) is 24.2 Å². The summed E-state index contributed by atoms with van der Waals surface area (Å²) in [6.07, 6.45) is -1.45. The van der Waals surface area contributed by atoms with Gasteiger partial charge in [0, 0.05) is 30.4 Å². The summed E-state index contributed by atoms with van der Waals surface area (Å²) in [4.78, 5) is 8.66. The molecule has 2 aromatic carbocycles. The van der Waals surface area contributed by atoms with Gasteiger partial charge in [-0.2, -0.15) is 18.2 Å². The third-order valence-electron chi connectivity index (χ3n) is 5.95. The normalized spacial score (nSPS) is 16.3. The van der Waals surface area contributed by atoms with E-state index in [1.807, 2.05) is 16.7 Å². The average molecular weight is 443 g/mol. The first-order valence-electron chi connectivity index (χ1n) is 10.6. The van der Waals surface area contributed by atoms with Crippen molar-refractivity contribution in [1.29, 1.82) is 0 Å². The minimum Gasteiger partial charge on any atom is -0.491 e. The van der Waals surface area contributed by atoms with Gasteiger partial charge < -0.3 is 24.8 Å². The highest BCUT2D eigenvalue weighted by Gasteiger charge is 2.36. The Kier molecular flexibility index (Phi) is 4.08. The number of alkyl halides is 3. The molecule has 1 saturated carbocycles. The van der Waals surface area contributed by atoms with Crippen LogP contribution in [0.3, 0.4) is 0 Å². The maximum Gasteiger partial charge on any atom is 0.420 e. The number of rotatable bonds is 4. The molecule has 1 aliphatic carbocycles. The Morgan fingerprint density at radius 2 is 1.97 bits per heavy atom. The number of aromatic nitrogens is 3. The zero-order valence-corrected chi connectivity index (χ0v) is 17.0. The minimum atomic E-state index is -4.63. The second-order valence-electron chi connectivity index (χ2n) is 8.38. The van der Waals surface area contributed by atoms with Crippen LogP contribution in [0.15, 0.2) is 28.7 Å². The number of nitrogens with zero attached hydrogens (tertiary/aromatic N) is 3. The van der Waals surface area contributed by atoms with E-state index in [1.54, 1.807) is 0 Å². The van der Waals surface area contributed by atoms with Gasteiger partial charge in [-0.25, -0.2) is 4.98 Å². The number of anilines is 2. The van der Waals surface area contributed by atoms with Crippen molar-refractivity contribution in [2.24, 2.45) is 5.92 Å². The summed E-state index contributed by atoms with van der Waals surface area (Å²) in [5.74, 6) is 1.81. The van der Waals surface area contributed by atoms with E-state index in [1.165, 1.54) is 18.9 Å². The lowest BCUT2D eigenvalue weighted by Gasteiger charge is -2.11. The van der Waals surface area contributed by atoms with Crippen LogP contribution in [0.25, 0.3) is 33.5 Å². The maximum atomic E-state index is 13.8. The fourth-order valence-corrected chi connectivity index (χ4v) is 4.26. The van der Waals surface area contributed by atoms with Crippen LogP contribution in [0.4, 0.5) is 24.9 Å². The molecule has 0 atom stereocenters. The van der Waals surface area contributed by atoms with E-state index in [0.29, 0.717) is 48.1 Å². The van der Waals surface area contributed by atoms with Crippen molar-refractivity contribution in [3.05, 3.63) is 29.8 Å². The summed E-state index contributed by atoms with van der Waals surface area (Å²) in [6.45, 7) is 1.99. The lowest BCUT2D eigenvalue weighted by Crippen LogP contribution is -2.07. The van der Waals surface area contributed by atoms with Crippen molar-refractivity contribution in [1.82, 2.24) is 14.5 Å². The zero-order chi connectivity index (χ0) is 22.0. The summed E-state index contributed by atoms with van der Waals surface area (Å²) >= 11 is 0. The molecule has 0 radical (unpaired) electrons. The first kappa shape index (κ1) is 19.3. The first-order valence-corrected chi connectivity index (χ1v) is 10.6. The molecule has 2 aromatic heterocycles. The Morgan fingerprint density at radius 3 is 2.75 bits per heavy atom. The predicted molar refractivity (Wildman–Crippen MR) is 113 cm³/mol. The fraction of sp³-hybridized carbons (Fsp3) is 0.364. The smallest absolute Gasteiger partial charge is 0.420 e. The molecule has 2 aliphatic rings.